The zero-order chi connectivity index (χ0) is 22.1. The molecule has 1 saturated heterocycles. The highest BCUT2D eigenvalue weighted by atomic mass is 16.3. The number of aliphatic hydroxyl groups excluding tert-OH is 2. The van der Waals surface area contributed by atoms with Gasteiger partial charge >= 0.3 is 0 Å². The minimum Gasteiger partial charge on any atom is -0.388 e. The molecule has 3 rings (SSSR count). The van der Waals surface area contributed by atoms with Crippen molar-refractivity contribution in [3.8, 4) is 0 Å². The van der Waals surface area contributed by atoms with Crippen LogP contribution in [0, 0.1) is 11.8 Å². The Labute approximate surface area is 185 Å². The van der Waals surface area contributed by atoms with E-state index in [4.69, 9.17) is 0 Å². The second kappa shape index (κ2) is 12.0. The van der Waals surface area contributed by atoms with Gasteiger partial charge in [-0.2, -0.15) is 0 Å². The topological polar surface area (TPSA) is 81.6 Å². The van der Waals surface area contributed by atoms with Crippen LogP contribution in [-0.2, 0) is 4.79 Å². The molecular formula is C26H36N2O3. The molecule has 0 aromatic heterocycles. The SMILES string of the molecule is CCNC(=O)[C@H]1NC[C@@H](CCC(O)c2ccccc2)C[C@@H]1CCC(O)c1ccccc1. The van der Waals surface area contributed by atoms with Crippen molar-refractivity contribution in [2.24, 2.45) is 11.8 Å². The monoisotopic (exact) mass is 424 g/mol. The van der Waals surface area contributed by atoms with Gasteiger partial charge in [-0.3, -0.25) is 4.79 Å². The van der Waals surface area contributed by atoms with Crippen LogP contribution < -0.4 is 10.6 Å². The minimum absolute atomic E-state index is 0.0458. The molecule has 1 aliphatic rings. The summed E-state index contributed by atoms with van der Waals surface area (Å²) in [7, 11) is 0. The largest absolute Gasteiger partial charge is 0.388 e. The van der Waals surface area contributed by atoms with E-state index in [9.17, 15) is 15.0 Å². The molecule has 168 valence electrons. The molecule has 1 heterocycles. The standard InChI is InChI=1S/C26H36N2O3/c1-2-27-26(31)25-22(14-16-24(30)21-11-7-4-8-12-21)17-19(18-28-25)13-15-23(29)20-9-5-3-6-10-20/h3-12,19,22-25,28-30H,2,13-18H2,1H3,(H,27,31)/t19-,22-,23?,24?,25-/m0/s1. The number of hydrogen-bond donors (Lipinski definition) is 4. The Kier molecular flexibility index (Phi) is 9.07. The van der Waals surface area contributed by atoms with E-state index in [1.54, 1.807) is 0 Å². The van der Waals surface area contributed by atoms with Crippen LogP contribution in [0.25, 0.3) is 0 Å². The average molecular weight is 425 g/mol. The maximum absolute atomic E-state index is 12.6. The molecule has 2 aromatic carbocycles. The molecule has 0 saturated carbocycles. The lowest BCUT2D eigenvalue weighted by atomic mass is 9.78. The van der Waals surface area contributed by atoms with Gasteiger partial charge in [0.15, 0.2) is 0 Å². The highest BCUT2D eigenvalue weighted by molar-refractivity contribution is 5.82. The van der Waals surface area contributed by atoms with Crippen LogP contribution in [0.5, 0.6) is 0 Å². The average Bonchev–Trinajstić information content (AvgIpc) is 2.82. The first kappa shape index (κ1) is 23.5. The van der Waals surface area contributed by atoms with Crippen molar-refractivity contribution >= 4 is 5.91 Å². The van der Waals surface area contributed by atoms with Crippen LogP contribution in [0.1, 0.15) is 62.4 Å². The van der Waals surface area contributed by atoms with Gasteiger partial charge in [-0.15, -0.1) is 0 Å². The van der Waals surface area contributed by atoms with E-state index in [1.165, 1.54) is 0 Å². The summed E-state index contributed by atoms with van der Waals surface area (Å²) >= 11 is 0. The summed E-state index contributed by atoms with van der Waals surface area (Å²) < 4.78 is 0. The van der Waals surface area contributed by atoms with Crippen molar-refractivity contribution in [3.63, 3.8) is 0 Å². The van der Waals surface area contributed by atoms with Gasteiger partial charge in [0.25, 0.3) is 0 Å². The van der Waals surface area contributed by atoms with Crippen LogP contribution >= 0.6 is 0 Å². The third-order valence-corrected chi connectivity index (χ3v) is 6.40. The molecule has 4 N–H and O–H groups in total. The Bertz CT molecular complexity index is 784. The molecule has 5 nitrogen and oxygen atoms in total. The van der Waals surface area contributed by atoms with E-state index in [0.29, 0.717) is 25.3 Å². The summed E-state index contributed by atoms with van der Waals surface area (Å²) in [5.74, 6) is 0.616. The molecule has 0 bridgehead atoms. The molecule has 31 heavy (non-hydrogen) atoms. The van der Waals surface area contributed by atoms with Crippen LogP contribution in [-0.4, -0.2) is 35.3 Å². The molecule has 2 unspecified atom stereocenters. The van der Waals surface area contributed by atoms with Crippen molar-refractivity contribution < 1.29 is 15.0 Å². The van der Waals surface area contributed by atoms with Crippen LogP contribution in [0.4, 0.5) is 0 Å². The van der Waals surface area contributed by atoms with Crippen LogP contribution in [0.15, 0.2) is 60.7 Å². The molecule has 0 spiro atoms. The Balaban J connectivity index is 1.57. The Morgan fingerprint density at radius 3 is 2.06 bits per heavy atom. The van der Waals surface area contributed by atoms with E-state index in [-0.39, 0.29) is 17.9 Å². The summed E-state index contributed by atoms with van der Waals surface area (Å²) in [6.45, 7) is 3.33. The van der Waals surface area contributed by atoms with Crippen molar-refractivity contribution in [2.75, 3.05) is 13.1 Å². The van der Waals surface area contributed by atoms with Crippen molar-refractivity contribution in [1.29, 1.82) is 0 Å². The van der Waals surface area contributed by atoms with Crippen molar-refractivity contribution in [2.45, 2.75) is 57.3 Å². The number of carbonyl (C=O) groups is 1. The molecule has 5 heteroatoms. The van der Waals surface area contributed by atoms with Gasteiger partial charge in [-0.1, -0.05) is 60.7 Å². The number of piperidine rings is 1. The summed E-state index contributed by atoms with van der Waals surface area (Å²) in [6.07, 6.45) is 2.98. The van der Waals surface area contributed by atoms with E-state index in [1.807, 2.05) is 67.6 Å². The lowest BCUT2D eigenvalue weighted by Gasteiger charge is -2.37. The first-order valence-corrected chi connectivity index (χ1v) is 11.6. The summed E-state index contributed by atoms with van der Waals surface area (Å²) in [6, 6.07) is 19.3. The van der Waals surface area contributed by atoms with E-state index in [2.05, 4.69) is 10.6 Å². The minimum atomic E-state index is -0.517. The Morgan fingerprint density at radius 1 is 0.968 bits per heavy atom. The number of rotatable bonds is 10. The summed E-state index contributed by atoms with van der Waals surface area (Å²) in [5, 5.41) is 27.5. The third kappa shape index (κ3) is 6.89. The number of aliphatic hydroxyl groups is 2. The number of hydrogen-bond acceptors (Lipinski definition) is 4. The summed E-state index contributed by atoms with van der Waals surface area (Å²) in [5.41, 5.74) is 1.87. The number of benzene rings is 2. The number of likely N-dealkylation sites (N-methyl/N-ethyl adjacent to an activating group) is 1. The highest BCUT2D eigenvalue weighted by Gasteiger charge is 2.34. The smallest absolute Gasteiger partial charge is 0.237 e. The van der Waals surface area contributed by atoms with E-state index in [0.717, 1.165) is 36.9 Å². The first-order valence-electron chi connectivity index (χ1n) is 11.6. The zero-order valence-electron chi connectivity index (χ0n) is 18.4. The molecule has 0 radical (unpaired) electrons. The second-order valence-corrected chi connectivity index (χ2v) is 8.65. The van der Waals surface area contributed by atoms with Crippen molar-refractivity contribution in [3.05, 3.63) is 71.8 Å². The quantitative estimate of drug-likeness (QED) is 0.468. The van der Waals surface area contributed by atoms with Gasteiger partial charge in [-0.25, -0.2) is 0 Å². The van der Waals surface area contributed by atoms with Crippen LogP contribution in [0.3, 0.4) is 0 Å². The second-order valence-electron chi connectivity index (χ2n) is 8.65. The summed E-state index contributed by atoms with van der Waals surface area (Å²) in [4.78, 5) is 12.6. The lowest BCUT2D eigenvalue weighted by Crippen LogP contribution is -2.54. The normalized spacial score (nSPS) is 23.1. The molecular weight excluding hydrogens is 388 g/mol. The number of carbonyl (C=O) groups excluding carboxylic acids is 1. The van der Waals surface area contributed by atoms with Crippen molar-refractivity contribution in [1.82, 2.24) is 10.6 Å². The predicted octanol–water partition coefficient (Wildman–Crippen LogP) is 3.74. The van der Waals surface area contributed by atoms with Gasteiger partial charge in [0.1, 0.15) is 0 Å². The number of nitrogens with one attached hydrogen (secondary N) is 2. The molecule has 1 fully saturated rings. The molecule has 2 aromatic rings. The first-order chi connectivity index (χ1) is 15.1. The zero-order valence-corrected chi connectivity index (χ0v) is 18.4. The van der Waals surface area contributed by atoms with Gasteiger partial charge in [0.05, 0.1) is 18.2 Å². The van der Waals surface area contributed by atoms with Gasteiger partial charge < -0.3 is 20.8 Å². The van der Waals surface area contributed by atoms with E-state index >= 15 is 0 Å². The predicted molar refractivity (Wildman–Crippen MR) is 123 cm³/mol. The maximum Gasteiger partial charge on any atom is 0.237 e. The fourth-order valence-corrected chi connectivity index (χ4v) is 4.65. The lowest BCUT2D eigenvalue weighted by molar-refractivity contribution is -0.125. The fraction of sp³-hybridized carbons (Fsp3) is 0.500. The fourth-order valence-electron chi connectivity index (χ4n) is 4.65. The van der Waals surface area contributed by atoms with Gasteiger partial charge in [0.2, 0.25) is 5.91 Å². The maximum atomic E-state index is 12.6. The molecule has 0 aliphatic carbocycles. The molecule has 1 amide bonds. The number of amides is 1. The van der Waals surface area contributed by atoms with E-state index < -0.39 is 12.2 Å². The molecule has 1 aliphatic heterocycles. The third-order valence-electron chi connectivity index (χ3n) is 6.40. The Morgan fingerprint density at radius 2 is 1.52 bits per heavy atom. The van der Waals surface area contributed by atoms with Crippen LogP contribution in [0.2, 0.25) is 0 Å². The van der Waals surface area contributed by atoms with Gasteiger partial charge in [0, 0.05) is 6.54 Å². The molecule has 5 atom stereocenters. The van der Waals surface area contributed by atoms with Gasteiger partial charge in [-0.05, 0) is 68.5 Å². The highest BCUT2D eigenvalue weighted by Crippen LogP contribution is 2.32. The Hall–Kier alpha value is -2.21.